The Balaban J connectivity index is 2.39. The molecule has 1 aliphatic heterocycles. The number of fused-ring (bicyclic) bond motifs is 3. The van der Waals surface area contributed by atoms with Crippen molar-refractivity contribution < 1.29 is 0 Å². The first-order chi connectivity index (χ1) is 7.27. The van der Waals surface area contributed by atoms with Crippen molar-refractivity contribution in [1.29, 1.82) is 0 Å². The molecule has 0 unspecified atom stereocenters. The molecule has 1 aromatic heterocycles. The smallest absolute Gasteiger partial charge is 0.0515 e. The summed E-state index contributed by atoms with van der Waals surface area (Å²) < 4.78 is 2.47. The van der Waals surface area contributed by atoms with Gasteiger partial charge in [0.15, 0.2) is 0 Å². The van der Waals surface area contributed by atoms with Crippen molar-refractivity contribution in [1.82, 2.24) is 9.88 Å². The van der Waals surface area contributed by atoms with Crippen LogP contribution in [0.2, 0.25) is 0 Å². The molecule has 0 atom stereocenters. The molecule has 0 aliphatic carbocycles. The van der Waals surface area contributed by atoms with E-state index in [1.807, 2.05) is 0 Å². The van der Waals surface area contributed by atoms with Gasteiger partial charge in [-0.15, -0.1) is 0 Å². The summed E-state index contributed by atoms with van der Waals surface area (Å²) in [6.45, 7) is 7.61. The number of hydrogen-bond acceptors (Lipinski definition) is 1. The Kier molecular flexibility index (Phi) is 1.86. The summed E-state index contributed by atoms with van der Waals surface area (Å²) in [6.07, 6.45) is 0. The highest BCUT2D eigenvalue weighted by Gasteiger charge is 2.14. The number of nitrogens with zero attached hydrogens (tertiary/aromatic N) is 1. The minimum atomic E-state index is 1.01. The van der Waals surface area contributed by atoms with E-state index in [9.17, 15) is 0 Å². The van der Waals surface area contributed by atoms with Crippen molar-refractivity contribution in [3.63, 3.8) is 0 Å². The summed E-state index contributed by atoms with van der Waals surface area (Å²) in [5.41, 5.74) is 5.68. The number of aromatic nitrogens is 1. The van der Waals surface area contributed by atoms with Crippen molar-refractivity contribution in [2.45, 2.75) is 26.9 Å². The topological polar surface area (TPSA) is 17.0 Å². The van der Waals surface area contributed by atoms with Gasteiger partial charge < -0.3 is 9.88 Å². The van der Waals surface area contributed by atoms with Gasteiger partial charge in [0.25, 0.3) is 0 Å². The van der Waals surface area contributed by atoms with Crippen molar-refractivity contribution in [2.24, 2.45) is 0 Å². The molecule has 0 saturated heterocycles. The minimum Gasteiger partial charge on any atom is -0.342 e. The monoisotopic (exact) mass is 200 g/mol. The lowest BCUT2D eigenvalue weighted by Gasteiger charge is -2.18. The maximum absolute atomic E-state index is 3.42. The zero-order valence-electron chi connectivity index (χ0n) is 9.30. The van der Waals surface area contributed by atoms with Crippen LogP contribution in [-0.4, -0.2) is 11.1 Å². The summed E-state index contributed by atoms with van der Waals surface area (Å²) in [5, 5.41) is 4.80. The Morgan fingerprint density at radius 3 is 3.00 bits per heavy atom. The quantitative estimate of drug-likeness (QED) is 0.691. The highest BCUT2D eigenvalue weighted by Crippen LogP contribution is 2.26. The van der Waals surface area contributed by atoms with Gasteiger partial charge >= 0.3 is 0 Å². The Morgan fingerprint density at radius 2 is 2.13 bits per heavy atom. The number of aryl methyl sites for hydroxylation is 2. The van der Waals surface area contributed by atoms with Gasteiger partial charge in [0.1, 0.15) is 0 Å². The summed E-state index contributed by atoms with van der Waals surface area (Å²) in [5.74, 6) is 0. The van der Waals surface area contributed by atoms with Gasteiger partial charge in [-0.3, -0.25) is 0 Å². The third-order valence-corrected chi connectivity index (χ3v) is 3.49. The summed E-state index contributed by atoms with van der Waals surface area (Å²) in [4.78, 5) is 0. The van der Waals surface area contributed by atoms with Crippen molar-refractivity contribution >= 4 is 10.9 Å². The van der Waals surface area contributed by atoms with E-state index < -0.39 is 0 Å². The molecule has 2 heterocycles. The van der Waals surface area contributed by atoms with Crippen LogP contribution in [0, 0.1) is 13.8 Å². The van der Waals surface area contributed by atoms with Gasteiger partial charge in [-0.05, 0) is 31.0 Å². The van der Waals surface area contributed by atoms with E-state index in [4.69, 9.17) is 0 Å². The van der Waals surface area contributed by atoms with Crippen LogP contribution in [0.1, 0.15) is 16.8 Å². The second-order valence-corrected chi connectivity index (χ2v) is 4.41. The SMILES string of the molecule is Cc1ccc2cc3n(c2c1C)CCNC3. The molecule has 0 fully saturated rings. The summed E-state index contributed by atoms with van der Waals surface area (Å²) in [7, 11) is 0. The average Bonchev–Trinajstić information content (AvgIpc) is 2.62. The van der Waals surface area contributed by atoms with Crippen LogP contribution >= 0.6 is 0 Å². The molecule has 0 radical (unpaired) electrons. The third-order valence-electron chi connectivity index (χ3n) is 3.49. The maximum Gasteiger partial charge on any atom is 0.0515 e. The zero-order chi connectivity index (χ0) is 10.4. The van der Waals surface area contributed by atoms with E-state index in [-0.39, 0.29) is 0 Å². The molecule has 78 valence electrons. The van der Waals surface area contributed by atoms with Crippen LogP contribution < -0.4 is 5.32 Å². The van der Waals surface area contributed by atoms with Crippen molar-refractivity contribution in [2.75, 3.05) is 6.54 Å². The van der Waals surface area contributed by atoms with Crippen LogP contribution in [0.25, 0.3) is 10.9 Å². The predicted molar refractivity (Wildman–Crippen MR) is 63.1 cm³/mol. The fourth-order valence-electron chi connectivity index (χ4n) is 2.51. The Hall–Kier alpha value is -1.28. The molecule has 0 amide bonds. The highest BCUT2D eigenvalue weighted by atomic mass is 15.1. The van der Waals surface area contributed by atoms with E-state index in [0.29, 0.717) is 0 Å². The largest absolute Gasteiger partial charge is 0.342 e. The first-order valence-electron chi connectivity index (χ1n) is 5.56. The fraction of sp³-hybridized carbons (Fsp3) is 0.385. The normalized spacial score (nSPS) is 15.6. The molecule has 2 nitrogen and oxygen atoms in total. The van der Waals surface area contributed by atoms with Gasteiger partial charge in [0, 0.05) is 30.7 Å². The molecule has 0 bridgehead atoms. The minimum absolute atomic E-state index is 1.01. The molecular weight excluding hydrogens is 184 g/mol. The van der Waals surface area contributed by atoms with Crippen molar-refractivity contribution in [3.05, 3.63) is 35.0 Å². The molecule has 15 heavy (non-hydrogen) atoms. The number of benzene rings is 1. The van der Waals surface area contributed by atoms with Gasteiger partial charge in [-0.25, -0.2) is 0 Å². The lowest BCUT2D eigenvalue weighted by molar-refractivity contribution is 0.526. The number of nitrogens with one attached hydrogen (secondary N) is 1. The third kappa shape index (κ3) is 1.21. The molecule has 2 heteroatoms. The first kappa shape index (κ1) is 8.98. The summed E-state index contributed by atoms with van der Waals surface area (Å²) in [6, 6.07) is 6.77. The molecule has 3 rings (SSSR count). The van der Waals surface area contributed by atoms with Crippen LogP contribution in [0.5, 0.6) is 0 Å². The van der Waals surface area contributed by atoms with Crippen LogP contribution in [0.3, 0.4) is 0 Å². The molecular formula is C13H16N2. The number of hydrogen-bond donors (Lipinski definition) is 1. The Bertz CT molecular complexity index is 523. The zero-order valence-corrected chi connectivity index (χ0v) is 9.30. The Labute approximate surface area is 89.9 Å². The maximum atomic E-state index is 3.42. The standard InChI is InChI=1S/C13H16N2/c1-9-3-4-11-7-12-8-14-5-6-15(12)13(11)10(9)2/h3-4,7,14H,5-6,8H2,1-2H3. The van der Waals surface area contributed by atoms with Crippen LogP contribution in [-0.2, 0) is 13.1 Å². The average molecular weight is 200 g/mol. The van der Waals surface area contributed by atoms with Gasteiger partial charge in [0.05, 0.1) is 5.52 Å². The molecule has 1 N–H and O–H groups in total. The highest BCUT2D eigenvalue weighted by molar-refractivity contribution is 5.85. The lowest BCUT2D eigenvalue weighted by Crippen LogP contribution is -2.27. The molecule has 2 aromatic rings. The molecule has 0 saturated carbocycles. The second-order valence-electron chi connectivity index (χ2n) is 4.41. The molecule has 1 aromatic carbocycles. The van der Waals surface area contributed by atoms with Crippen molar-refractivity contribution in [3.8, 4) is 0 Å². The second kappa shape index (κ2) is 3.11. The lowest BCUT2D eigenvalue weighted by atomic mass is 10.1. The van der Waals surface area contributed by atoms with E-state index >= 15 is 0 Å². The molecule has 1 aliphatic rings. The van der Waals surface area contributed by atoms with E-state index in [1.165, 1.54) is 27.7 Å². The van der Waals surface area contributed by atoms with Gasteiger partial charge in [0.2, 0.25) is 0 Å². The van der Waals surface area contributed by atoms with Gasteiger partial charge in [-0.1, -0.05) is 12.1 Å². The predicted octanol–water partition coefficient (Wildman–Crippen LogP) is 2.36. The Morgan fingerprint density at radius 1 is 1.27 bits per heavy atom. The van der Waals surface area contributed by atoms with E-state index in [2.05, 4.69) is 41.9 Å². The van der Waals surface area contributed by atoms with Gasteiger partial charge in [-0.2, -0.15) is 0 Å². The van der Waals surface area contributed by atoms with E-state index in [0.717, 1.165) is 19.6 Å². The molecule has 0 spiro atoms. The van der Waals surface area contributed by atoms with E-state index in [1.54, 1.807) is 0 Å². The summed E-state index contributed by atoms with van der Waals surface area (Å²) >= 11 is 0. The number of rotatable bonds is 0. The first-order valence-corrected chi connectivity index (χ1v) is 5.56. The fourth-order valence-corrected chi connectivity index (χ4v) is 2.51. The van der Waals surface area contributed by atoms with Crippen LogP contribution in [0.4, 0.5) is 0 Å². The van der Waals surface area contributed by atoms with Crippen LogP contribution in [0.15, 0.2) is 18.2 Å².